The summed E-state index contributed by atoms with van der Waals surface area (Å²) in [6.45, 7) is 2.80. The number of likely N-dealkylation sites (tertiary alicyclic amines) is 1. The minimum absolute atomic E-state index is 0.0565. The van der Waals surface area contributed by atoms with Gasteiger partial charge in [0.1, 0.15) is 11.5 Å². The largest absolute Gasteiger partial charge is 0.481 e. The van der Waals surface area contributed by atoms with Gasteiger partial charge >= 0.3 is 5.97 Å². The van der Waals surface area contributed by atoms with Crippen LogP contribution < -0.4 is 4.74 Å². The molecule has 0 bridgehead atoms. The minimum Gasteiger partial charge on any atom is -0.481 e. The van der Waals surface area contributed by atoms with Gasteiger partial charge in [-0.2, -0.15) is 0 Å². The molecule has 5 heteroatoms. The number of rotatable bonds is 4. The molecule has 2 aromatic carbocycles. The van der Waals surface area contributed by atoms with Gasteiger partial charge in [-0.05, 0) is 42.7 Å². The van der Waals surface area contributed by atoms with Crippen molar-refractivity contribution in [1.82, 2.24) is 4.90 Å². The fourth-order valence-electron chi connectivity index (χ4n) is 3.20. The molecule has 1 N–H and O–H groups in total. The van der Waals surface area contributed by atoms with E-state index in [9.17, 15) is 14.7 Å². The number of amides is 1. The number of nitrogens with zero attached hydrogens (tertiary/aromatic N) is 1. The van der Waals surface area contributed by atoms with Crippen molar-refractivity contribution in [2.24, 2.45) is 11.8 Å². The Morgan fingerprint density at radius 2 is 1.80 bits per heavy atom. The van der Waals surface area contributed by atoms with Crippen LogP contribution in [-0.2, 0) is 4.79 Å². The Balaban J connectivity index is 1.71. The van der Waals surface area contributed by atoms with Gasteiger partial charge in [0.2, 0.25) is 0 Å². The van der Waals surface area contributed by atoms with E-state index in [4.69, 9.17) is 4.74 Å². The highest BCUT2D eigenvalue weighted by Gasteiger charge is 2.33. The van der Waals surface area contributed by atoms with E-state index in [0.717, 1.165) is 0 Å². The summed E-state index contributed by atoms with van der Waals surface area (Å²) in [5, 5.41) is 9.21. The van der Waals surface area contributed by atoms with Crippen LogP contribution in [0.5, 0.6) is 11.5 Å². The number of carbonyl (C=O) groups is 2. The molecule has 2 unspecified atom stereocenters. The van der Waals surface area contributed by atoms with E-state index in [0.29, 0.717) is 36.6 Å². The topological polar surface area (TPSA) is 66.8 Å². The van der Waals surface area contributed by atoms with Crippen molar-refractivity contribution in [1.29, 1.82) is 0 Å². The Morgan fingerprint density at radius 3 is 2.48 bits per heavy atom. The number of carboxylic acid groups (broad SMARTS) is 1. The zero-order valence-corrected chi connectivity index (χ0v) is 14.1. The highest BCUT2D eigenvalue weighted by atomic mass is 16.5. The average molecular weight is 339 g/mol. The third kappa shape index (κ3) is 3.99. The number of aliphatic carboxylic acids is 1. The minimum atomic E-state index is -0.780. The normalized spacial score (nSPS) is 20.1. The van der Waals surface area contributed by atoms with Crippen LogP contribution in [0.2, 0.25) is 0 Å². The molecule has 1 aliphatic heterocycles. The summed E-state index contributed by atoms with van der Waals surface area (Å²) < 4.78 is 5.78. The third-order valence-corrected chi connectivity index (χ3v) is 4.57. The van der Waals surface area contributed by atoms with Gasteiger partial charge in [0, 0.05) is 18.7 Å². The van der Waals surface area contributed by atoms with Gasteiger partial charge in [-0.1, -0.05) is 31.2 Å². The van der Waals surface area contributed by atoms with Crippen molar-refractivity contribution >= 4 is 11.9 Å². The monoisotopic (exact) mass is 339 g/mol. The van der Waals surface area contributed by atoms with Crippen molar-refractivity contribution < 1.29 is 19.4 Å². The first-order valence-electron chi connectivity index (χ1n) is 8.39. The van der Waals surface area contributed by atoms with E-state index in [1.807, 2.05) is 43.3 Å². The fraction of sp³-hybridized carbons (Fsp3) is 0.300. The predicted octanol–water partition coefficient (Wildman–Crippen LogP) is 3.66. The van der Waals surface area contributed by atoms with E-state index in [-0.39, 0.29) is 17.7 Å². The highest BCUT2D eigenvalue weighted by Crippen LogP contribution is 2.26. The van der Waals surface area contributed by atoms with Crippen molar-refractivity contribution in [3.8, 4) is 11.5 Å². The van der Waals surface area contributed by atoms with Crippen molar-refractivity contribution in [3.05, 3.63) is 60.2 Å². The standard InChI is InChI=1S/C20H21NO4/c1-14-13-21(11-10-18(14)20(23)24)19(22)15-6-5-9-17(12-15)25-16-7-3-2-4-8-16/h2-9,12,14,18H,10-11,13H2,1H3,(H,23,24). The lowest BCUT2D eigenvalue weighted by atomic mass is 9.87. The number of benzene rings is 2. The molecule has 1 fully saturated rings. The molecule has 1 heterocycles. The fourth-order valence-corrected chi connectivity index (χ4v) is 3.20. The molecule has 5 nitrogen and oxygen atoms in total. The lowest BCUT2D eigenvalue weighted by Gasteiger charge is -2.35. The summed E-state index contributed by atoms with van der Waals surface area (Å²) in [4.78, 5) is 25.7. The Labute approximate surface area is 146 Å². The molecule has 0 saturated carbocycles. The summed E-state index contributed by atoms with van der Waals surface area (Å²) >= 11 is 0. The second-order valence-corrected chi connectivity index (χ2v) is 6.40. The molecule has 0 aliphatic carbocycles. The van der Waals surface area contributed by atoms with Crippen molar-refractivity contribution in [2.75, 3.05) is 13.1 Å². The Morgan fingerprint density at radius 1 is 1.08 bits per heavy atom. The zero-order valence-electron chi connectivity index (χ0n) is 14.1. The first-order chi connectivity index (χ1) is 12.0. The Kier molecular flexibility index (Phi) is 5.03. The van der Waals surface area contributed by atoms with E-state index < -0.39 is 5.97 Å². The SMILES string of the molecule is CC1CN(C(=O)c2cccc(Oc3ccccc3)c2)CCC1C(=O)O. The van der Waals surface area contributed by atoms with Gasteiger partial charge in [-0.3, -0.25) is 9.59 Å². The number of ether oxygens (including phenoxy) is 1. The first kappa shape index (κ1) is 17.0. The molecule has 0 aromatic heterocycles. The third-order valence-electron chi connectivity index (χ3n) is 4.57. The maximum absolute atomic E-state index is 12.7. The second-order valence-electron chi connectivity index (χ2n) is 6.40. The van der Waals surface area contributed by atoms with Crippen molar-refractivity contribution in [3.63, 3.8) is 0 Å². The van der Waals surface area contributed by atoms with Crippen LogP contribution in [-0.4, -0.2) is 35.0 Å². The summed E-state index contributed by atoms with van der Waals surface area (Å²) in [7, 11) is 0. The van der Waals surface area contributed by atoms with Gasteiger partial charge in [0.25, 0.3) is 5.91 Å². The van der Waals surface area contributed by atoms with E-state index in [1.165, 1.54) is 0 Å². The summed E-state index contributed by atoms with van der Waals surface area (Å²) in [6, 6.07) is 16.5. The number of carbonyl (C=O) groups excluding carboxylic acids is 1. The van der Waals surface area contributed by atoms with Crippen LogP contribution >= 0.6 is 0 Å². The van der Waals surface area contributed by atoms with Crippen LogP contribution in [0.15, 0.2) is 54.6 Å². The lowest BCUT2D eigenvalue weighted by Crippen LogP contribution is -2.45. The molecular formula is C20H21NO4. The quantitative estimate of drug-likeness (QED) is 0.923. The van der Waals surface area contributed by atoms with Crippen molar-refractivity contribution in [2.45, 2.75) is 13.3 Å². The second kappa shape index (κ2) is 7.38. The highest BCUT2D eigenvalue weighted by molar-refractivity contribution is 5.94. The molecule has 2 aromatic rings. The van der Waals surface area contributed by atoms with Crippen LogP contribution in [0.1, 0.15) is 23.7 Å². The molecule has 3 rings (SSSR count). The molecular weight excluding hydrogens is 318 g/mol. The van der Waals surface area contributed by atoms with Crippen LogP contribution in [0, 0.1) is 11.8 Å². The molecule has 25 heavy (non-hydrogen) atoms. The van der Waals surface area contributed by atoms with Crippen LogP contribution in [0.3, 0.4) is 0 Å². The smallest absolute Gasteiger partial charge is 0.306 e. The van der Waals surface area contributed by atoms with Crippen LogP contribution in [0.4, 0.5) is 0 Å². The zero-order chi connectivity index (χ0) is 17.8. The molecule has 0 spiro atoms. The summed E-state index contributed by atoms with van der Waals surface area (Å²) in [5.41, 5.74) is 0.550. The maximum Gasteiger partial charge on any atom is 0.306 e. The van der Waals surface area contributed by atoms with E-state index in [2.05, 4.69) is 0 Å². The number of piperidine rings is 1. The predicted molar refractivity (Wildman–Crippen MR) is 93.8 cm³/mol. The molecule has 1 aliphatic rings. The molecule has 1 saturated heterocycles. The van der Waals surface area contributed by atoms with Crippen LogP contribution in [0.25, 0.3) is 0 Å². The molecule has 130 valence electrons. The summed E-state index contributed by atoms with van der Waals surface area (Å²) in [5.74, 6) is 0.0105. The lowest BCUT2D eigenvalue weighted by molar-refractivity contribution is -0.145. The Bertz CT molecular complexity index is 759. The number of para-hydroxylation sites is 1. The van der Waals surface area contributed by atoms with Gasteiger partial charge in [0.15, 0.2) is 0 Å². The number of carboxylic acids is 1. The first-order valence-corrected chi connectivity index (χ1v) is 8.39. The molecule has 0 radical (unpaired) electrons. The number of hydrogen-bond donors (Lipinski definition) is 1. The molecule has 1 amide bonds. The molecule has 2 atom stereocenters. The Hall–Kier alpha value is -2.82. The summed E-state index contributed by atoms with van der Waals surface area (Å²) in [6.07, 6.45) is 0.489. The van der Waals surface area contributed by atoms with Gasteiger partial charge in [0.05, 0.1) is 5.92 Å². The van der Waals surface area contributed by atoms with Gasteiger partial charge in [-0.15, -0.1) is 0 Å². The average Bonchev–Trinajstić information content (AvgIpc) is 2.62. The van der Waals surface area contributed by atoms with Gasteiger partial charge in [-0.25, -0.2) is 0 Å². The van der Waals surface area contributed by atoms with E-state index >= 15 is 0 Å². The van der Waals surface area contributed by atoms with Gasteiger partial charge < -0.3 is 14.7 Å². The van der Waals surface area contributed by atoms with E-state index in [1.54, 1.807) is 23.1 Å². The maximum atomic E-state index is 12.7. The number of hydrogen-bond acceptors (Lipinski definition) is 3.